The summed E-state index contributed by atoms with van der Waals surface area (Å²) >= 11 is 17.5. The fraction of sp³-hybridized carbons (Fsp3) is 0.0833. The molecule has 1 saturated heterocycles. The average Bonchev–Trinajstić information content (AvgIpc) is 3.08. The van der Waals surface area contributed by atoms with E-state index in [1.165, 1.54) is 4.90 Å². The molecule has 0 radical (unpaired) electrons. The van der Waals surface area contributed by atoms with Crippen molar-refractivity contribution in [3.05, 3.63) is 93.6 Å². The van der Waals surface area contributed by atoms with Gasteiger partial charge in [-0.25, -0.2) is 0 Å². The van der Waals surface area contributed by atoms with Crippen molar-refractivity contribution in [3.63, 3.8) is 0 Å². The van der Waals surface area contributed by atoms with E-state index in [1.54, 1.807) is 31.4 Å². The number of carbonyl (C=O) groups is 1. The van der Waals surface area contributed by atoms with Crippen LogP contribution in [0, 0.1) is 0 Å². The molecule has 0 unspecified atom stereocenters. The van der Waals surface area contributed by atoms with Gasteiger partial charge in [0.2, 0.25) is 0 Å². The molecule has 32 heavy (non-hydrogen) atoms. The van der Waals surface area contributed by atoms with Gasteiger partial charge in [0.15, 0.2) is 16.6 Å². The van der Waals surface area contributed by atoms with Crippen LogP contribution in [-0.4, -0.2) is 18.1 Å². The van der Waals surface area contributed by atoms with Crippen LogP contribution in [0.5, 0.6) is 11.5 Å². The summed E-state index contributed by atoms with van der Waals surface area (Å²) in [5.74, 6) is 0.777. The Hall–Kier alpha value is -3.06. The first-order valence-electron chi connectivity index (χ1n) is 9.64. The molecule has 5 nitrogen and oxygen atoms in total. The van der Waals surface area contributed by atoms with Crippen molar-refractivity contribution >= 4 is 58.2 Å². The van der Waals surface area contributed by atoms with Crippen LogP contribution in [0.4, 0.5) is 5.69 Å². The fourth-order valence-corrected chi connectivity index (χ4v) is 3.87. The van der Waals surface area contributed by atoms with E-state index in [0.29, 0.717) is 43.6 Å². The normalized spacial score (nSPS) is 14.6. The van der Waals surface area contributed by atoms with Crippen molar-refractivity contribution in [2.45, 2.75) is 6.61 Å². The van der Waals surface area contributed by atoms with Crippen LogP contribution in [0.15, 0.2) is 72.4 Å². The van der Waals surface area contributed by atoms with Gasteiger partial charge in [-0.2, -0.15) is 0 Å². The summed E-state index contributed by atoms with van der Waals surface area (Å²) in [6, 6.07) is 20.0. The van der Waals surface area contributed by atoms with E-state index in [-0.39, 0.29) is 12.5 Å². The zero-order chi connectivity index (χ0) is 22.7. The quantitative estimate of drug-likeness (QED) is 0.351. The number of nitrogens with one attached hydrogen (secondary N) is 1. The number of hydrogen-bond acceptors (Lipinski definition) is 4. The fourth-order valence-electron chi connectivity index (χ4n) is 3.25. The van der Waals surface area contributed by atoms with Gasteiger partial charge < -0.3 is 14.8 Å². The molecule has 1 amide bonds. The highest BCUT2D eigenvalue weighted by Gasteiger charge is 2.32. The molecule has 1 fully saturated rings. The van der Waals surface area contributed by atoms with E-state index in [0.717, 1.165) is 5.56 Å². The summed E-state index contributed by atoms with van der Waals surface area (Å²) in [7, 11) is 1.56. The molecule has 1 aliphatic rings. The number of amides is 1. The lowest BCUT2D eigenvalue weighted by molar-refractivity contribution is -0.113. The number of ether oxygens (including phenoxy) is 2. The smallest absolute Gasteiger partial charge is 0.281 e. The van der Waals surface area contributed by atoms with Gasteiger partial charge in [-0.05, 0) is 54.2 Å². The first-order valence-corrected chi connectivity index (χ1v) is 10.8. The number of para-hydroxylation sites is 2. The molecule has 3 aromatic carbocycles. The molecule has 0 saturated carbocycles. The SMILES string of the molecule is COc1cccc(/C=C2/NC(=S)N(c3ccccc3)C2=O)c1OCc1ccc(Cl)c(Cl)c1. The molecule has 4 rings (SSSR count). The van der Waals surface area contributed by atoms with Gasteiger partial charge in [-0.15, -0.1) is 0 Å². The predicted molar refractivity (Wildman–Crippen MR) is 131 cm³/mol. The largest absolute Gasteiger partial charge is 0.493 e. The van der Waals surface area contributed by atoms with Crippen LogP contribution in [0.25, 0.3) is 6.08 Å². The number of anilines is 1. The van der Waals surface area contributed by atoms with Gasteiger partial charge >= 0.3 is 0 Å². The number of rotatable bonds is 6. The molecule has 0 aliphatic carbocycles. The number of methoxy groups -OCH3 is 1. The lowest BCUT2D eigenvalue weighted by Gasteiger charge is -2.14. The summed E-state index contributed by atoms with van der Waals surface area (Å²) in [6.45, 7) is 0.239. The molecular formula is C24H18Cl2N2O3S. The molecule has 0 atom stereocenters. The third-order valence-corrected chi connectivity index (χ3v) is 5.81. The predicted octanol–water partition coefficient (Wildman–Crippen LogP) is 5.84. The van der Waals surface area contributed by atoms with Gasteiger partial charge in [0.05, 0.1) is 22.8 Å². The van der Waals surface area contributed by atoms with Gasteiger partial charge in [0.1, 0.15) is 12.3 Å². The van der Waals surface area contributed by atoms with Gasteiger partial charge in [-0.1, -0.05) is 59.6 Å². The second-order valence-electron chi connectivity index (χ2n) is 6.88. The Morgan fingerprint density at radius 1 is 1.03 bits per heavy atom. The van der Waals surface area contributed by atoms with E-state index in [1.807, 2.05) is 48.5 Å². The molecular weight excluding hydrogens is 467 g/mol. The van der Waals surface area contributed by atoms with Crippen molar-refractivity contribution in [3.8, 4) is 11.5 Å². The van der Waals surface area contributed by atoms with Gasteiger partial charge in [-0.3, -0.25) is 9.69 Å². The van der Waals surface area contributed by atoms with Crippen molar-refractivity contribution in [1.29, 1.82) is 0 Å². The third-order valence-electron chi connectivity index (χ3n) is 4.79. The van der Waals surface area contributed by atoms with Crippen molar-refractivity contribution < 1.29 is 14.3 Å². The van der Waals surface area contributed by atoms with E-state index >= 15 is 0 Å². The minimum Gasteiger partial charge on any atom is -0.493 e. The number of hydrogen-bond donors (Lipinski definition) is 1. The average molecular weight is 485 g/mol. The first kappa shape index (κ1) is 22.1. The number of carbonyl (C=O) groups excluding carboxylic acids is 1. The van der Waals surface area contributed by atoms with Gasteiger partial charge in [0, 0.05) is 5.56 Å². The molecule has 0 bridgehead atoms. The summed E-state index contributed by atoms with van der Waals surface area (Å²) < 4.78 is 11.5. The lowest BCUT2D eigenvalue weighted by atomic mass is 10.1. The first-order chi connectivity index (χ1) is 15.5. The molecule has 162 valence electrons. The van der Waals surface area contributed by atoms with Crippen molar-refractivity contribution in [2.75, 3.05) is 12.0 Å². The molecule has 0 aromatic heterocycles. The van der Waals surface area contributed by atoms with Gasteiger partial charge in [0.25, 0.3) is 5.91 Å². The summed E-state index contributed by atoms with van der Waals surface area (Å²) in [4.78, 5) is 14.5. The number of benzene rings is 3. The molecule has 1 aliphatic heterocycles. The van der Waals surface area contributed by atoms with Crippen LogP contribution in [-0.2, 0) is 11.4 Å². The maximum atomic E-state index is 13.0. The summed E-state index contributed by atoms with van der Waals surface area (Å²) in [5, 5.41) is 4.23. The van der Waals surface area contributed by atoms with E-state index in [4.69, 9.17) is 44.9 Å². The van der Waals surface area contributed by atoms with Crippen LogP contribution >= 0.6 is 35.4 Å². The zero-order valence-corrected chi connectivity index (χ0v) is 19.3. The van der Waals surface area contributed by atoms with Crippen molar-refractivity contribution in [1.82, 2.24) is 5.32 Å². The van der Waals surface area contributed by atoms with E-state index in [2.05, 4.69) is 5.32 Å². The number of thiocarbonyl (C=S) groups is 1. The topological polar surface area (TPSA) is 50.8 Å². The lowest BCUT2D eigenvalue weighted by Crippen LogP contribution is -2.30. The minimum absolute atomic E-state index is 0.239. The maximum absolute atomic E-state index is 13.0. The van der Waals surface area contributed by atoms with Crippen LogP contribution in [0.1, 0.15) is 11.1 Å². The highest BCUT2D eigenvalue weighted by atomic mass is 35.5. The third kappa shape index (κ3) is 4.58. The Kier molecular flexibility index (Phi) is 6.65. The van der Waals surface area contributed by atoms with Crippen LogP contribution < -0.4 is 19.7 Å². The zero-order valence-electron chi connectivity index (χ0n) is 17.0. The molecule has 1 heterocycles. The molecule has 8 heteroatoms. The number of halogens is 2. The second-order valence-corrected chi connectivity index (χ2v) is 8.08. The Morgan fingerprint density at radius 2 is 1.81 bits per heavy atom. The Bertz CT molecular complexity index is 1220. The second kappa shape index (κ2) is 9.61. The van der Waals surface area contributed by atoms with E-state index in [9.17, 15) is 4.79 Å². The Morgan fingerprint density at radius 3 is 2.53 bits per heavy atom. The molecule has 3 aromatic rings. The maximum Gasteiger partial charge on any atom is 0.281 e. The Balaban J connectivity index is 1.64. The standard InChI is InChI=1S/C24H18Cl2N2O3S/c1-30-21-9-5-6-16(22(21)31-14-15-10-11-18(25)19(26)12-15)13-20-23(29)28(24(32)27-20)17-7-3-2-4-8-17/h2-13H,14H2,1H3,(H,27,32)/b20-13+. The van der Waals surface area contributed by atoms with E-state index < -0.39 is 0 Å². The number of nitrogens with zero attached hydrogens (tertiary/aromatic N) is 1. The summed E-state index contributed by atoms with van der Waals surface area (Å²) in [6.07, 6.45) is 1.70. The van der Waals surface area contributed by atoms with Crippen LogP contribution in [0.3, 0.4) is 0 Å². The molecule has 0 spiro atoms. The molecule has 1 N–H and O–H groups in total. The summed E-state index contributed by atoms with van der Waals surface area (Å²) in [5.41, 5.74) is 2.54. The van der Waals surface area contributed by atoms with Crippen LogP contribution in [0.2, 0.25) is 10.0 Å². The monoisotopic (exact) mass is 484 g/mol. The van der Waals surface area contributed by atoms with Crippen molar-refractivity contribution in [2.24, 2.45) is 0 Å². The highest BCUT2D eigenvalue weighted by Crippen LogP contribution is 2.34. The Labute approximate surface area is 201 Å². The minimum atomic E-state index is -0.251. The highest BCUT2D eigenvalue weighted by molar-refractivity contribution is 7.80.